The predicted molar refractivity (Wildman–Crippen MR) is 101 cm³/mol. The van der Waals surface area contributed by atoms with Gasteiger partial charge in [0.15, 0.2) is 0 Å². The van der Waals surface area contributed by atoms with Crippen LogP contribution in [0.2, 0.25) is 0 Å². The Morgan fingerprint density at radius 2 is 1.68 bits per heavy atom. The molecule has 1 aliphatic rings. The number of rotatable bonds is 5. The number of benzene rings is 2. The summed E-state index contributed by atoms with van der Waals surface area (Å²) in [6.07, 6.45) is 1.59. The molecule has 132 valence electrons. The van der Waals surface area contributed by atoms with Crippen molar-refractivity contribution in [3.05, 3.63) is 65.2 Å². The third kappa shape index (κ3) is 4.81. The lowest BCUT2D eigenvalue weighted by atomic mass is 10.1. The summed E-state index contributed by atoms with van der Waals surface area (Å²) in [4.78, 5) is 25.7. The molecule has 0 saturated carbocycles. The van der Waals surface area contributed by atoms with Crippen LogP contribution in [-0.2, 0) is 17.9 Å². The fraction of sp³-hybridized carbons (Fsp3) is 0.263. The zero-order chi connectivity index (χ0) is 16.9. The van der Waals surface area contributed by atoms with Crippen molar-refractivity contribution in [1.82, 2.24) is 4.90 Å². The van der Waals surface area contributed by atoms with E-state index in [1.54, 1.807) is 12.1 Å². The molecule has 2 aromatic carbocycles. The molecule has 3 N–H and O–H groups in total. The van der Waals surface area contributed by atoms with Gasteiger partial charge in [-0.1, -0.05) is 24.3 Å². The first-order chi connectivity index (χ1) is 11.7. The largest absolute Gasteiger partial charge is 0.338 e. The first-order valence-corrected chi connectivity index (χ1v) is 8.13. The highest BCUT2D eigenvalue weighted by Gasteiger charge is 2.19. The van der Waals surface area contributed by atoms with E-state index >= 15 is 0 Å². The Labute approximate surface area is 153 Å². The predicted octanol–water partition coefficient (Wildman–Crippen LogP) is 2.94. The van der Waals surface area contributed by atoms with Gasteiger partial charge in [-0.2, -0.15) is 0 Å². The van der Waals surface area contributed by atoms with Gasteiger partial charge in [-0.15, -0.1) is 12.4 Å². The van der Waals surface area contributed by atoms with Crippen LogP contribution in [-0.4, -0.2) is 23.3 Å². The number of likely N-dealkylation sites (tertiary alicyclic amines) is 1. The van der Waals surface area contributed by atoms with E-state index in [0.717, 1.165) is 29.8 Å². The van der Waals surface area contributed by atoms with Crippen LogP contribution in [0.4, 0.5) is 5.69 Å². The fourth-order valence-electron chi connectivity index (χ4n) is 2.78. The van der Waals surface area contributed by atoms with E-state index in [-0.39, 0.29) is 24.2 Å². The lowest BCUT2D eigenvalue weighted by Gasteiger charge is -2.15. The lowest BCUT2D eigenvalue weighted by Crippen LogP contribution is -2.23. The molecule has 3 rings (SSSR count). The maximum absolute atomic E-state index is 12.2. The topological polar surface area (TPSA) is 75.4 Å². The molecule has 2 aromatic rings. The fourth-order valence-corrected chi connectivity index (χ4v) is 2.78. The summed E-state index contributed by atoms with van der Waals surface area (Å²) < 4.78 is 0. The molecule has 0 unspecified atom stereocenters. The van der Waals surface area contributed by atoms with Crippen molar-refractivity contribution in [2.75, 3.05) is 11.9 Å². The van der Waals surface area contributed by atoms with Crippen molar-refractivity contribution in [2.24, 2.45) is 5.73 Å². The molecule has 1 heterocycles. The highest BCUT2D eigenvalue weighted by atomic mass is 35.5. The van der Waals surface area contributed by atoms with Gasteiger partial charge in [-0.25, -0.2) is 0 Å². The first-order valence-electron chi connectivity index (χ1n) is 8.13. The molecule has 0 spiro atoms. The van der Waals surface area contributed by atoms with Crippen LogP contribution in [0.15, 0.2) is 48.5 Å². The van der Waals surface area contributed by atoms with Crippen molar-refractivity contribution in [3.8, 4) is 0 Å². The Balaban J connectivity index is 0.00000225. The van der Waals surface area contributed by atoms with E-state index in [4.69, 9.17) is 5.73 Å². The van der Waals surface area contributed by atoms with E-state index in [0.29, 0.717) is 25.1 Å². The quantitative estimate of drug-likeness (QED) is 0.861. The second-order valence-corrected chi connectivity index (χ2v) is 5.97. The number of nitrogens with one attached hydrogen (secondary N) is 1. The van der Waals surface area contributed by atoms with Crippen LogP contribution in [0.25, 0.3) is 0 Å². The Hall–Kier alpha value is -2.37. The number of amides is 2. The monoisotopic (exact) mass is 359 g/mol. The van der Waals surface area contributed by atoms with Crippen LogP contribution >= 0.6 is 12.4 Å². The molecule has 0 aromatic heterocycles. The summed E-state index contributed by atoms with van der Waals surface area (Å²) >= 11 is 0. The van der Waals surface area contributed by atoms with E-state index in [1.807, 2.05) is 41.3 Å². The van der Waals surface area contributed by atoms with Gasteiger partial charge in [0.25, 0.3) is 5.91 Å². The van der Waals surface area contributed by atoms with Gasteiger partial charge >= 0.3 is 0 Å². The van der Waals surface area contributed by atoms with Gasteiger partial charge < -0.3 is 16.0 Å². The lowest BCUT2D eigenvalue weighted by molar-refractivity contribution is -0.128. The molecule has 1 aliphatic heterocycles. The normalized spacial score (nSPS) is 13.5. The average molecular weight is 360 g/mol. The van der Waals surface area contributed by atoms with Gasteiger partial charge in [0.2, 0.25) is 5.91 Å². The standard InChI is InChI=1S/C19H21N3O2.ClH/c20-12-14-3-7-16(8-4-14)19(24)21-17-9-5-15(6-10-17)13-22-11-1-2-18(22)23;/h3-10H,1-2,11-13,20H2,(H,21,24);1H. The van der Waals surface area contributed by atoms with Crippen LogP contribution in [0.1, 0.15) is 34.3 Å². The van der Waals surface area contributed by atoms with Crippen LogP contribution in [0, 0.1) is 0 Å². The van der Waals surface area contributed by atoms with Crippen LogP contribution < -0.4 is 11.1 Å². The molecule has 0 atom stereocenters. The maximum atomic E-state index is 12.2. The minimum Gasteiger partial charge on any atom is -0.338 e. The van der Waals surface area contributed by atoms with Crippen molar-refractivity contribution in [1.29, 1.82) is 0 Å². The molecule has 2 amide bonds. The molecular weight excluding hydrogens is 338 g/mol. The van der Waals surface area contributed by atoms with Gasteiger partial charge in [-0.05, 0) is 41.8 Å². The first kappa shape index (κ1) is 19.0. The third-order valence-corrected chi connectivity index (χ3v) is 4.21. The molecule has 5 nitrogen and oxygen atoms in total. The second kappa shape index (κ2) is 8.65. The number of carbonyl (C=O) groups is 2. The van der Waals surface area contributed by atoms with E-state index < -0.39 is 0 Å². The molecule has 25 heavy (non-hydrogen) atoms. The highest BCUT2D eigenvalue weighted by molar-refractivity contribution is 6.04. The highest BCUT2D eigenvalue weighted by Crippen LogP contribution is 2.17. The van der Waals surface area contributed by atoms with Crippen LogP contribution in [0.3, 0.4) is 0 Å². The number of halogens is 1. The smallest absolute Gasteiger partial charge is 0.255 e. The number of nitrogens with zero attached hydrogens (tertiary/aromatic N) is 1. The molecular formula is C19H22ClN3O2. The summed E-state index contributed by atoms with van der Waals surface area (Å²) in [7, 11) is 0. The second-order valence-electron chi connectivity index (χ2n) is 5.97. The Kier molecular flexibility index (Phi) is 6.56. The molecule has 0 bridgehead atoms. The summed E-state index contributed by atoms with van der Waals surface area (Å²) in [5.41, 5.74) is 8.95. The summed E-state index contributed by atoms with van der Waals surface area (Å²) in [5.74, 6) is 0.0642. The molecule has 1 saturated heterocycles. The number of carbonyl (C=O) groups excluding carboxylic acids is 2. The zero-order valence-corrected chi connectivity index (χ0v) is 14.7. The van der Waals surface area contributed by atoms with E-state index in [1.165, 1.54) is 0 Å². The van der Waals surface area contributed by atoms with E-state index in [2.05, 4.69) is 5.32 Å². The average Bonchev–Trinajstić information content (AvgIpc) is 3.01. The maximum Gasteiger partial charge on any atom is 0.255 e. The summed E-state index contributed by atoms with van der Waals surface area (Å²) in [6, 6.07) is 14.9. The minimum absolute atomic E-state index is 0. The van der Waals surface area contributed by atoms with Gasteiger partial charge in [0.1, 0.15) is 0 Å². The van der Waals surface area contributed by atoms with Crippen LogP contribution in [0.5, 0.6) is 0 Å². The Morgan fingerprint density at radius 3 is 2.24 bits per heavy atom. The molecule has 6 heteroatoms. The van der Waals surface area contributed by atoms with Crippen molar-refractivity contribution in [3.63, 3.8) is 0 Å². The molecule has 1 fully saturated rings. The summed E-state index contributed by atoms with van der Waals surface area (Å²) in [6.45, 7) is 1.92. The number of hydrogen-bond acceptors (Lipinski definition) is 3. The van der Waals surface area contributed by atoms with Gasteiger partial charge in [0.05, 0.1) is 0 Å². The molecule has 0 aliphatic carbocycles. The zero-order valence-electron chi connectivity index (χ0n) is 13.9. The third-order valence-electron chi connectivity index (χ3n) is 4.21. The van der Waals surface area contributed by atoms with Gasteiger partial charge in [-0.3, -0.25) is 9.59 Å². The Bertz CT molecular complexity index is 729. The number of nitrogens with two attached hydrogens (primary N) is 1. The summed E-state index contributed by atoms with van der Waals surface area (Å²) in [5, 5.41) is 2.87. The van der Waals surface area contributed by atoms with Crippen molar-refractivity contribution < 1.29 is 9.59 Å². The molecule has 0 radical (unpaired) electrons. The van der Waals surface area contributed by atoms with Crippen molar-refractivity contribution in [2.45, 2.75) is 25.9 Å². The SMILES string of the molecule is Cl.NCc1ccc(C(=O)Nc2ccc(CN3CCCC3=O)cc2)cc1. The minimum atomic E-state index is -0.152. The van der Waals surface area contributed by atoms with Gasteiger partial charge in [0, 0.05) is 37.3 Å². The number of hydrogen-bond donors (Lipinski definition) is 2. The number of anilines is 1. The van der Waals surface area contributed by atoms with E-state index in [9.17, 15) is 9.59 Å². The van der Waals surface area contributed by atoms with Crippen molar-refractivity contribution >= 4 is 29.9 Å². The Morgan fingerprint density at radius 1 is 1.04 bits per heavy atom.